The maximum absolute atomic E-state index is 12.6. The molecule has 0 aliphatic carbocycles. The summed E-state index contributed by atoms with van der Waals surface area (Å²) >= 11 is 0. The Morgan fingerprint density at radius 1 is 1.33 bits per heavy atom. The third-order valence-corrected chi connectivity index (χ3v) is 3.93. The molecular weight excluding hydrogens is 268 g/mol. The van der Waals surface area contributed by atoms with E-state index in [2.05, 4.69) is 0 Å². The number of nitrogens with two attached hydrogens (primary N) is 1. The molecule has 1 unspecified atom stereocenters. The van der Waals surface area contributed by atoms with Crippen molar-refractivity contribution in [1.29, 1.82) is 0 Å². The summed E-state index contributed by atoms with van der Waals surface area (Å²) in [4.78, 5) is 14.5. The van der Waals surface area contributed by atoms with Gasteiger partial charge in [0, 0.05) is 19.6 Å². The zero-order valence-corrected chi connectivity index (χ0v) is 12.3. The minimum absolute atomic E-state index is 0.0440. The van der Waals surface area contributed by atoms with E-state index in [9.17, 15) is 4.79 Å². The number of hydrogen-bond acceptors (Lipinski definition) is 4. The normalized spacial score (nSPS) is 17.7. The number of carbonyl (C=O) groups excluding carboxylic acids is 1. The molecule has 1 aromatic rings. The Labute approximate surface area is 125 Å². The highest BCUT2D eigenvalue weighted by atomic mass is 16.5. The van der Waals surface area contributed by atoms with Crippen molar-refractivity contribution in [2.24, 2.45) is 5.73 Å². The predicted molar refractivity (Wildman–Crippen MR) is 80.9 cm³/mol. The van der Waals surface area contributed by atoms with E-state index in [1.807, 2.05) is 35.2 Å². The van der Waals surface area contributed by atoms with Gasteiger partial charge in [-0.1, -0.05) is 30.3 Å². The second-order valence-corrected chi connectivity index (χ2v) is 5.32. The first-order valence-corrected chi connectivity index (χ1v) is 7.52. The van der Waals surface area contributed by atoms with Crippen LogP contribution in [0.25, 0.3) is 0 Å². The number of amides is 1. The SMILES string of the molecule is NCC(C(=O)N1CCC(OCCO)CC1)c1ccccc1. The Morgan fingerprint density at radius 3 is 2.57 bits per heavy atom. The predicted octanol–water partition coefficient (Wildman–Crippen LogP) is 0.729. The van der Waals surface area contributed by atoms with Crippen LogP contribution in [0.1, 0.15) is 24.3 Å². The molecule has 1 amide bonds. The van der Waals surface area contributed by atoms with Crippen LogP contribution in [0.4, 0.5) is 0 Å². The quantitative estimate of drug-likeness (QED) is 0.810. The van der Waals surface area contributed by atoms with Crippen molar-refractivity contribution in [2.75, 3.05) is 32.8 Å². The van der Waals surface area contributed by atoms with Gasteiger partial charge >= 0.3 is 0 Å². The van der Waals surface area contributed by atoms with E-state index >= 15 is 0 Å². The lowest BCUT2D eigenvalue weighted by atomic mass is 9.96. The topological polar surface area (TPSA) is 75.8 Å². The second kappa shape index (κ2) is 8.12. The molecule has 1 aromatic carbocycles. The molecule has 1 fully saturated rings. The lowest BCUT2D eigenvalue weighted by Gasteiger charge is -2.34. The van der Waals surface area contributed by atoms with Gasteiger partial charge in [-0.3, -0.25) is 4.79 Å². The summed E-state index contributed by atoms with van der Waals surface area (Å²) in [7, 11) is 0. The van der Waals surface area contributed by atoms with Gasteiger partial charge < -0.3 is 20.5 Å². The molecule has 0 radical (unpaired) electrons. The zero-order valence-electron chi connectivity index (χ0n) is 12.3. The summed E-state index contributed by atoms with van der Waals surface area (Å²) < 4.78 is 5.52. The van der Waals surface area contributed by atoms with Crippen molar-refractivity contribution in [3.63, 3.8) is 0 Å². The molecule has 3 N–H and O–H groups in total. The molecule has 0 aromatic heterocycles. The standard InChI is InChI=1S/C16H24N2O3/c17-12-15(13-4-2-1-3-5-13)16(20)18-8-6-14(7-9-18)21-11-10-19/h1-5,14-15,19H,6-12,17H2. The second-order valence-electron chi connectivity index (χ2n) is 5.32. The van der Waals surface area contributed by atoms with Gasteiger partial charge in [-0.2, -0.15) is 0 Å². The summed E-state index contributed by atoms with van der Waals surface area (Å²) in [6, 6.07) is 9.70. The number of nitrogens with zero attached hydrogens (tertiary/aromatic N) is 1. The van der Waals surface area contributed by atoms with Gasteiger partial charge in [-0.15, -0.1) is 0 Å². The van der Waals surface area contributed by atoms with Crippen LogP contribution < -0.4 is 5.73 Å². The van der Waals surface area contributed by atoms with Gasteiger partial charge in [0.1, 0.15) is 0 Å². The molecule has 116 valence electrons. The number of aliphatic hydroxyl groups is 1. The van der Waals surface area contributed by atoms with Gasteiger partial charge in [0.05, 0.1) is 25.2 Å². The number of ether oxygens (including phenoxy) is 1. The first-order chi connectivity index (χ1) is 10.3. The molecule has 1 heterocycles. The van der Waals surface area contributed by atoms with E-state index in [4.69, 9.17) is 15.6 Å². The maximum atomic E-state index is 12.6. The molecule has 5 heteroatoms. The molecule has 1 atom stereocenters. The van der Waals surface area contributed by atoms with E-state index in [0.29, 0.717) is 26.2 Å². The van der Waals surface area contributed by atoms with E-state index in [0.717, 1.165) is 18.4 Å². The average Bonchev–Trinajstić information content (AvgIpc) is 2.55. The molecule has 21 heavy (non-hydrogen) atoms. The molecule has 1 aliphatic heterocycles. The Morgan fingerprint density at radius 2 is 2.00 bits per heavy atom. The minimum atomic E-state index is -0.263. The number of hydrogen-bond donors (Lipinski definition) is 2. The highest BCUT2D eigenvalue weighted by molar-refractivity contribution is 5.84. The first-order valence-electron chi connectivity index (χ1n) is 7.52. The summed E-state index contributed by atoms with van der Waals surface area (Å²) in [5.74, 6) is -0.162. The van der Waals surface area contributed by atoms with E-state index < -0.39 is 0 Å². The summed E-state index contributed by atoms with van der Waals surface area (Å²) in [5.41, 5.74) is 6.78. The number of likely N-dealkylation sites (tertiary alicyclic amines) is 1. The van der Waals surface area contributed by atoms with E-state index in [1.54, 1.807) is 0 Å². The molecule has 2 rings (SSSR count). The largest absolute Gasteiger partial charge is 0.394 e. The van der Waals surface area contributed by atoms with Crippen LogP contribution in [0.5, 0.6) is 0 Å². The summed E-state index contributed by atoms with van der Waals surface area (Å²) in [6.07, 6.45) is 1.78. The van der Waals surface area contributed by atoms with Crippen LogP contribution >= 0.6 is 0 Å². The van der Waals surface area contributed by atoms with Crippen molar-refractivity contribution >= 4 is 5.91 Å². The van der Waals surface area contributed by atoms with Crippen molar-refractivity contribution in [3.8, 4) is 0 Å². The Kier molecular flexibility index (Phi) is 6.17. The van der Waals surface area contributed by atoms with Crippen LogP contribution in [0.2, 0.25) is 0 Å². The Hall–Kier alpha value is -1.43. The highest BCUT2D eigenvalue weighted by Crippen LogP contribution is 2.21. The van der Waals surface area contributed by atoms with Gasteiger partial charge in [0.2, 0.25) is 5.91 Å². The minimum Gasteiger partial charge on any atom is -0.394 e. The maximum Gasteiger partial charge on any atom is 0.231 e. The lowest BCUT2D eigenvalue weighted by Crippen LogP contribution is -2.44. The Balaban J connectivity index is 1.91. The van der Waals surface area contributed by atoms with Crippen molar-refractivity contribution in [3.05, 3.63) is 35.9 Å². The fraction of sp³-hybridized carbons (Fsp3) is 0.562. The van der Waals surface area contributed by atoms with Crippen LogP contribution in [-0.4, -0.2) is 54.9 Å². The molecule has 1 aliphatic rings. The molecule has 0 saturated carbocycles. The number of carbonyl (C=O) groups is 1. The van der Waals surface area contributed by atoms with Crippen LogP contribution in [-0.2, 0) is 9.53 Å². The molecule has 0 spiro atoms. The smallest absolute Gasteiger partial charge is 0.231 e. The van der Waals surface area contributed by atoms with Gasteiger partial charge in [-0.05, 0) is 18.4 Å². The van der Waals surface area contributed by atoms with Crippen LogP contribution in [0.15, 0.2) is 30.3 Å². The molecule has 5 nitrogen and oxygen atoms in total. The number of aliphatic hydroxyl groups excluding tert-OH is 1. The van der Waals surface area contributed by atoms with Crippen molar-refractivity contribution < 1.29 is 14.6 Å². The fourth-order valence-electron chi connectivity index (χ4n) is 2.75. The van der Waals surface area contributed by atoms with Gasteiger partial charge in [-0.25, -0.2) is 0 Å². The van der Waals surface area contributed by atoms with Gasteiger partial charge in [0.15, 0.2) is 0 Å². The van der Waals surface area contributed by atoms with E-state index in [-0.39, 0.29) is 24.5 Å². The van der Waals surface area contributed by atoms with Crippen molar-refractivity contribution in [1.82, 2.24) is 4.90 Å². The van der Waals surface area contributed by atoms with E-state index in [1.165, 1.54) is 0 Å². The average molecular weight is 292 g/mol. The summed E-state index contributed by atoms with van der Waals surface area (Å²) in [6.45, 7) is 2.12. The first kappa shape index (κ1) is 15.9. The molecular formula is C16H24N2O3. The monoisotopic (exact) mass is 292 g/mol. The third-order valence-electron chi connectivity index (χ3n) is 3.93. The lowest BCUT2D eigenvalue weighted by molar-refractivity contribution is -0.135. The fourth-order valence-corrected chi connectivity index (χ4v) is 2.75. The number of piperidine rings is 1. The zero-order chi connectivity index (χ0) is 15.1. The van der Waals surface area contributed by atoms with Crippen molar-refractivity contribution in [2.45, 2.75) is 24.9 Å². The highest BCUT2D eigenvalue weighted by Gasteiger charge is 2.28. The molecule has 1 saturated heterocycles. The van der Waals surface area contributed by atoms with Crippen LogP contribution in [0, 0.1) is 0 Å². The molecule has 0 bridgehead atoms. The van der Waals surface area contributed by atoms with Crippen LogP contribution in [0.3, 0.4) is 0 Å². The third kappa shape index (κ3) is 4.27. The number of rotatable bonds is 6. The van der Waals surface area contributed by atoms with Gasteiger partial charge in [0.25, 0.3) is 0 Å². The summed E-state index contributed by atoms with van der Waals surface area (Å²) in [5, 5.41) is 8.76. The Bertz CT molecular complexity index is 430. The number of benzene rings is 1.